The highest BCUT2D eigenvalue weighted by molar-refractivity contribution is 5.68. The van der Waals surface area contributed by atoms with Crippen LogP contribution < -0.4 is 5.73 Å². The Balaban J connectivity index is 2.02. The number of amides is 1. The van der Waals surface area contributed by atoms with E-state index in [1.807, 2.05) is 25.7 Å². The molecule has 0 radical (unpaired) electrons. The summed E-state index contributed by atoms with van der Waals surface area (Å²) in [6, 6.07) is 0.272. The minimum absolute atomic E-state index is 0.164. The van der Waals surface area contributed by atoms with Gasteiger partial charge < -0.3 is 15.4 Å². The first kappa shape index (κ1) is 16.6. The molecule has 0 aromatic heterocycles. The summed E-state index contributed by atoms with van der Waals surface area (Å²) in [6.07, 6.45) is 2.10. The lowest BCUT2D eigenvalue weighted by atomic mass is 9.87. The first-order valence-corrected chi connectivity index (χ1v) is 8.27. The van der Waals surface area contributed by atoms with Crippen LogP contribution in [0, 0.1) is 23.2 Å². The molecule has 21 heavy (non-hydrogen) atoms. The Kier molecular flexibility index (Phi) is 4.31. The minimum atomic E-state index is -0.428. The quantitative estimate of drug-likeness (QED) is 0.851. The normalized spacial score (nSPS) is 35.5. The molecule has 1 aliphatic heterocycles. The number of hydrogen-bond donors (Lipinski definition) is 1. The Labute approximate surface area is 129 Å². The zero-order valence-electron chi connectivity index (χ0n) is 14.5. The molecule has 1 amide bonds. The van der Waals surface area contributed by atoms with Gasteiger partial charge in [-0.15, -0.1) is 0 Å². The fourth-order valence-corrected chi connectivity index (χ4v) is 4.18. The van der Waals surface area contributed by atoms with Crippen LogP contribution in [0.3, 0.4) is 0 Å². The van der Waals surface area contributed by atoms with Crippen molar-refractivity contribution in [3.8, 4) is 0 Å². The van der Waals surface area contributed by atoms with Crippen LogP contribution in [0.5, 0.6) is 0 Å². The maximum absolute atomic E-state index is 12.4. The standard InChI is InChI=1S/C17H32N2O2/c1-11-7-8-12(14-13(9-18)17(14,5)6)10-19(11)15(20)21-16(2,3)4/h11-14H,7-10,18H2,1-6H3/t11-,12?,13+,14+/m1/s1. The van der Waals surface area contributed by atoms with Crippen molar-refractivity contribution in [3.05, 3.63) is 0 Å². The molecule has 4 heteroatoms. The average Bonchev–Trinajstić information content (AvgIpc) is 2.89. The van der Waals surface area contributed by atoms with Gasteiger partial charge in [-0.1, -0.05) is 13.8 Å². The first-order chi connectivity index (χ1) is 9.58. The third-order valence-electron chi connectivity index (χ3n) is 5.45. The predicted molar refractivity (Wildman–Crippen MR) is 84.9 cm³/mol. The van der Waals surface area contributed by atoms with Crippen molar-refractivity contribution in [2.75, 3.05) is 13.1 Å². The minimum Gasteiger partial charge on any atom is -0.444 e. The van der Waals surface area contributed by atoms with Gasteiger partial charge in [-0.2, -0.15) is 0 Å². The van der Waals surface area contributed by atoms with E-state index in [9.17, 15) is 4.79 Å². The van der Waals surface area contributed by atoms with Crippen LogP contribution in [0.15, 0.2) is 0 Å². The van der Waals surface area contributed by atoms with E-state index in [0.717, 1.165) is 19.5 Å². The second-order valence-corrected chi connectivity index (χ2v) is 8.51. The van der Waals surface area contributed by atoms with Crippen LogP contribution in [-0.2, 0) is 4.74 Å². The monoisotopic (exact) mass is 296 g/mol. The summed E-state index contributed by atoms with van der Waals surface area (Å²) >= 11 is 0. The highest BCUT2D eigenvalue weighted by Gasteiger charge is 2.60. The molecule has 1 saturated carbocycles. The maximum Gasteiger partial charge on any atom is 0.410 e. The molecule has 1 heterocycles. The van der Waals surface area contributed by atoms with Gasteiger partial charge in [-0.05, 0) is 70.3 Å². The zero-order chi connectivity index (χ0) is 16.0. The van der Waals surface area contributed by atoms with Gasteiger partial charge in [0.15, 0.2) is 0 Å². The smallest absolute Gasteiger partial charge is 0.410 e. The highest BCUT2D eigenvalue weighted by atomic mass is 16.6. The van der Waals surface area contributed by atoms with Crippen molar-refractivity contribution >= 4 is 6.09 Å². The van der Waals surface area contributed by atoms with E-state index in [1.165, 1.54) is 6.42 Å². The summed E-state index contributed by atoms with van der Waals surface area (Å²) in [5, 5.41) is 0. The van der Waals surface area contributed by atoms with E-state index >= 15 is 0 Å². The van der Waals surface area contributed by atoms with Crippen molar-refractivity contribution in [3.63, 3.8) is 0 Å². The number of nitrogens with zero attached hydrogens (tertiary/aromatic N) is 1. The van der Waals surface area contributed by atoms with Gasteiger partial charge in [0.25, 0.3) is 0 Å². The number of rotatable bonds is 2. The van der Waals surface area contributed by atoms with E-state index in [-0.39, 0.29) is 12.1 Å². The molecule has 122 valence electrons. The fourth-order valence-electron chi connectivity index (χ4n) is 4.18. The molecule has 0 aromatic carbocycles. The molecular weight excluding hydrogens is 264 g/mol. The number of piperidine rings is 1. The van der Waals surface area contributed by atoms with Gasteiger partial charge in [0.2, 0.25) is 0 Å². The van der Waals surface area contributed by atoms with E-state index < -0.39 is 5.60 Å². The van der Waals surface area contributed by atoms with Crippen LogP contribution in [0.2, 0.25) is 0 Å². The predicted octanol–water partition coefficient (Wildman–Crippen LogP) is 3.25. The molecule has 2 fully saturated rings. The molecule has 2 aliphatic rings. The van der Waals surface area contributed by atoms with Gasteiger partial charge in [0, 0.05) is 12.6 Å². The fraction of sp³-hybridized carbons (Fsp3) is 0.941. The Morgan fingerprint density at radius 1 is 1.33 bits per heavy atom. The van der Waals surface area contributed by atoms with E-state index in [2.05, 4.69) is 20.8 Å². The third-order valence-corrected chi connectivity index (χ3v) is 5.45. The summed E-state index contributed by atoms with van der Waals surface area (Å²) in [5.74, 6) is 1.83. The summed E-state index contributed by atoms with van der Waals surface area (Å²) in [7, 11) is 0. The van der Waals surface area contributed by atoms with Crippen molar-refractivity contribution in [1.29, 1.82) is 0 Å². The lowest BCUT2D eigenvalue weighted by Gasteiger charge is -2.39. The largest absolute Gasteiger partial charge is 0.444 e. The molecule has 4 atom stereocenters. The number of nitrogens with two attached hydrogens (primary N) is 1. The molecule has 2 rings (SSSR count). The summed E-state index contributed by atoms with van der Waals surface area (Å²) < 4.78 is 5.56. The lowest BCUT2D eigenvalue weighted by Crippen LogP contribution is -2.48. The second kappa shape index (κ2) is 5.45. The molecule has 4 nitrogen and oxygen atoms in total. The van der Waals surface area contributed by atoms with Gasteiger partial charge >= 0.3 is 6.09 Å². The molecule has 1 unspecified atom stereocenters. The Bertz CT molecular complexity index is 400. The number of carbonyl (C=O) groups is 1. The van der Waals surface area contributed by atoms with E-state index in [4.69, 9.17) is 10.5 Å². The first-order valence-electron chi connectivity index (χ1n) is 8.27. The van der Waals surface area contributed by atoms with E-state index in [1.54, 1.807) is 0 Å². The molecule has 1 aliphatic carbocycles. The van der Waals surface area contributed by atoms with Crippen molar-refractivity contribution < 1.29 is 9.53 Å². The van der Waals surface area contributed by atoms with Gasteiger partial charge in [0.1, 0.15) is 5.60 Å². The van der Waals surface area contributed by atoms with Crippen LogP contribution >= 0.6 is 0 Å². The number of ether oxygens (including phenoxy) is 1. The summed E-state index contributed by atoms with van der Waals surface area (Å²) in [6.45, 7) is 14.1. The van der Waals surface area contributed by atoms with Crippen LogP contribution in [0.1, 0.15) is 54.4 Å². The Hall–Kier alpha value is -0.770. The van der Waals surface area contributed by atoms with Crippen molar-refractivity contribution in [1.82, 2.24) is 4.90 Å². The van der Waals surface area contributed by atoms with Crippen LogP contribution in [0.25, 0.3) is 0 Å². The molecule has 0 spiro atoms. The van der Waals surface area contributed by atoms with E-state index in [0.29, 0.717) is 23.2 Å². The molecular formula is C17H32N2O2. The Morgan fingerprint density at radius 2 is 1.95 bits per heavy atom. The van der Waals surface area contributed by atoms with Gasteiger partial charge in [-0.25, -0.2) is 4.79 Å². The number of hydrogen-bond acceptors (Lipinski definition) is 3. The summed E-state index contributed by atoms with van der Waals surface area (Å²) in [4.78, 5) is 14.3. The number of carbonyl (C=O) groups excluding carboxylic acids is 1. The maximum atomic E-state index is 12.4. The van der Waals surface area contributed by atoms with Gasteiger partial charge in [0.05, 0.1) is 0 Å². The third kappa shape index (κ3) is 3.36. The molecule has 1 saturated heterocycles. The average molecular weight is 296 g/mol. The lowest BCUT2D eigenvalue weighted by molar-refractivity contribution is 0.00274. The highest BCUT2D eigenvalue weighted by Crippen LogP contribution is 2.62. The van der Waals surface area contributed by atoms with Crippen LogP contribution in [-0.4, -0.2) is 35.7 Å². The van der Waals surface area contributed by atoms with Crippen molar-refractivity contribution in [2.24, 2.45) is 28.9 Å². The Morgan fingerprint density at radius 3 is 2.43 bits per heavy atom. The summed E-state index contributed by atoms with van der Waals surface area (Å²) in [5.41, 5.74) is 5.81. The topological polar surface area (TPSA) is 55.6 Å². The molecule has 0 aromatic rings. The zero-order valence-corrected chi connectivity index (χ0v) is 14.5. The SMILES string of the molecule is C[C@@H]1CCC([C@H]2[C@H](CN)C2(C)C)CN1C(=O)OC(C)(C)C. The second-order valence-electron chi connectivity index (χ2n) is 8.51. The molecule has 0 bridgehead atoms. The molecule has 2 N–H and O–H groups in total. The van der Waals surface area contributed by atoms with Gasteiger partial charge in [-0.3, -0.25) is 0 Å². The van der Waals surface area contributed by atoms with Crippen molar-refractivity contribution in [2.45, 2.75) is 66.0 Å². The number of likely N-dealkylation sites (tertiary alicyclic amines) is 1. The van der Waals surface area contributed by atoms with Crippen LogP contribution in [0.4, 0.5) is 4.79 Å².